The number of carbonyl (C=O) groups excluding carboxylic acids is 1. The predicted molar refractivity (Wildman–Crippen MR) is 92.5 cm³/mol. The van der Waals surface area contributed by atoms with Crippen LogP contribution in [0.1, 0.15) is 19.8 Å². The molecule has 3 rings (SSSR count). The Hall–Kier alpha value is -2.27. The summed E-state index contributed by atoms with van der Waals surface area (Å²) in [7, 11) is 0. The minimum atomic E-state index is -0.216. The lowest BCUT2D eigenvalue weighted by Crippen LogP contribution is -2.36. The number of nitrogens with one attached hydrogen (secondary N) is 2. The van der Waals surface area contributed by atoms with Crippen LogP contribution in [0.5, 0.6) is 0 Å². The first-order valence-electron chi connectivity index (χ1n) is 8.15. The van der Waals surface area contributed by atoms with Crippen LogP contribution in [0.25, 0.3) is 10.9 Å². The molecule has 5 nitrogen and oxygen atoms in total. The van der Waals surface area contributed by atoms with Gasteiger partial charge in [0.15, 0.2) is 0 Å². The highest BCUT2D eigenvalue weighted by Crippen LogP contribution is 2.21. The van der Waals surface area contributed by atoms with Gasteiger partial charge < -0.3 is 20.3 Å². The highest BCUT2D eigenvalue weighted by atomic mass is 16.3. The average molecular weight is 313 g/mol. The molecule has 0 saturated heterocycles. The molecule has 2 aromatic rings. The maximum Gasteiger partial charge on any atom is 0.319 e. The van der Waals surface area contributed by atoms with Crippen LogP contribution in [0.2, 0.25) is 0 Å². The summed E-state index contributed by atoms with van der Waals surface area (Å²) >= 11 is 0. The first kappa shape index (κ1) is 15.6. The van der Waals surface area contributed by atoms with Crippen LogP contribution in [0.15, 0.2) is 42.6 Å². The Bertz CT molecular complexity index is 720. The summed E-state index contributed by atoms with van der Waals surface area (Å²) in [4.78, 5) is 12.1. The number of hydrogen-bond acceptors (Lipinski definition) is 2. The van der Waals surface area contributed by atoms with Crippen molar-refractivity contribution < 1.29 is 9.90 Å². The molecule has 5 heteroatoms. The lowest BCUT2D eigenvalue weighted by atomic mass is 10.1. The van der Waals surface area contributed by atoms with Crippen molar-refractivity contribution in [3.05, 3.63) is 42.6 Å². The van der Waals surface area contributed by atoms with E-state index in [0.717, 1.165) is 30.6 Å². The van der Waals surface area contributed by atoms with Crippen LogP contribution in [-0.4, -0.2) is 28.4 Å². The molecule has 1 aliphatic rings. The number of aryl methyl sites for hydroxylation is 1. The standard InChI is InChI=1S/C18H23N3O2/c1-2-8-21-9-7-14-4-6-16(11-17(14)21)20-18(23)19-15-5-3-13(10-15)12-22/h3-7,9,11,13,15,22H,2,8,10,12H2,1H3,(H2,19,20,23)/t13-,15+/m0/s1. The van der Waals surface area contributed by atoms with E-state index in [1.165, 1.54) is 5.39 Å². The van der Waals surface area contributed by atoms with Crippen LogP contribution in [0.4, 0.5) is 10.5 Å². The summed E-state index contributed by atoms with van der Waals surface area (Å²) in [5.41, 5.74) is 1.91. The number of amides is 2. The van der Waals surface area contributed by atoms with Crippen LogP contribution >= 0.6 is 0 Å². The summed E-state index contributed by atoms with van der Waals surface area (Å²) in [6.45, 7) is 3.24. The van der Waals surface area contributed by atoms with Gasteiger partial charge >= 0.3 is 6.03 Å². The third-order valence-corrected chi connectivity index (χ3v) is 4.22. The van der Waals surface area contributed by atoms with Gasteiger partial charge in [-0.2, -0.15) is 0 Å². The average Bonchev–Trinajstić information content (AvgIpc) is 3.15. The van der Waals surface area contributed by atoms with E-state index in [0.29, 0.717) is 0 Å². The predicted octanol–water partition coefficient (Wildman–Crippen LogP) is 3.11. The zero-order valence-electron chi connectivity index (χ0n) is 13.3. The number of benzene rings is 1. The number of hydrogen-bond donors (Lipinski definition) is 3. The molecule has 1 aromatic carbocycles. The monoisotopic (exact) mass is 313 g/mol. The van der Waals surface area contributed by atoms with E-state index in [4.69, 9.17) is 5.11 Å². The number of rotatable bonds is 5. The Morgan fingerprint density at radius 2 is 2.22 bits per heavy atom. The zero-order valence-corrected chi connectivity index (χ0v) is 13.3. The second-order valence-electron chi connectivity index (χ2n) is 6.05. The molecule has 3 N–H and O–H groups in total. The number of carbonyl (C=O) groups is 1. The van der Waals surface area contributed by atoms with E-state index in [-0.39, 0.29) is 24.6 Å². The largest absolute Gasteiger partial charge is 0.396 e. The number of anilines is 1. The molecule has 2 amide bonds. The summed E-state index contributed by atoms with van der Waals surface area (Å²) in [5.74, 6) is 0.147. The van der Waals surface area contributed by atoms with Crippen molar-refractivity contribution in [3.8, 4) is 0 Å². The van der Waals surface area contributed by atoms with Gasteiger partial charge in [-0.05, 0) is 36.4 Å². The summed E-state index contributed by atoms with van der Waals surface area (Å²) in [5, 5.41) is 16.1. The van der Waals surface area contributed by atoms with E-state index in [9.17, 15) is 4.79 Å². The van der Waals surface area contributed by atoms with Gasteiger partial charge in [-0.1, -0.05) is 25.1 Å². The molecule has 23 heavy (non-hydrogen) atoms. The highest BCUT2D eigenvalue weighted by Gasteiger charge is 2.19. The fraction of sp³-hybridized carbons (Fsp3) is 0.389. The third kappa shape index (κ3) is 3.56. The number of aromatic nitrogens is 1. The van der Waals surface area contributed by atoms with Gasteiger partial charge in [0, 0.05) is 37.0 Å². The van der Waals surface area contributed by atoms with Crippen LogP contribution in [0, 0.1) is 5.92 Å². The van der Waals surface area contributed by atoms with Crippen LogP contribution in [-0.2, 0) is 6.54 Å². The van der Waals surface area contributed by atoms with Crippen LogP contribution in [0.3, 0.4) is 0 Å². The Morgan fingerprint density at radius 1 is 1.35 bits per heavy atom. The molecule has 0 saturated carbocycles. The van der Waals surface area contributed by atoms with Gasteiger partial charge in [-0.15, -0.1) is 0 Å². The van der Waals surface area contributed by atoms with Gasteiger partial charge in [0.25, 0.3) is 0 Å². The fourth-order valence-corrected chi connectivity index (χ4v) is 3.05. The lowest BCUT2D eigenvalue weighted by molar-refractivity contribution is 0.238. The first-order chi connectivity index (χ1) is 11.2. The highest BCUT2D eigenvalue weighted by molar-refractivity contribution is 5.93. The molecular formula is C18H23N3O2. The molecule has 0 unspecified atom stereocenters. The van der Waals surface area contributed by atoms with Gasteiger partial charge in [0.2, 0.25) is 0 Å². The molecule has 1 heterocycles. The molecule has 0 radical (unpaired) electrons. The molecule has 1 aliphatic carbocycles. The minimum Gasteiger partial charge on any atom is -0.396 e. The Kier molecular flexibility index (Phi) is 4.67. The molecule has 1 aromatic heterocycles. The molecule has 0 bridgehead atoms. The second-order valence-corrected chi connectivity index (χ2v) is 6.05. The molecule has 2 atom stereocenters. The van der Waals surface area contributed by atoms with Crippen molar-refractivity contribution in [3.63, 3.8) is 0 Å². The van der Waals surface area contributed by atoms with E-state index < -0.39 is 0 Å². The first-order valence-corrected chi connectivity index (χ1v) is 8.15. The quantitative estimate of drug-likeness (QED) is 0.743. The number of aliphatic hydroxyl groups is 1. The van der Waals surface area contributed by atoms with Crippen molar-refractivity contribution in [2.75, 3.05) is 11.9 Å². The third-order valence-electron chi connectivity index (χ3n) is 4.22. The Balaban J connectivity index is 1.65. The maximum absolute atomic E-state index is 12.1. The van der Waals surface area contributed by atoms with Crippen molar-refractivity contribution in [1.82, 2.24) is 9.88 Å². The second kappa shape index (κ2) is 6.87. The molecule has 0 aliphatic heterocycles. The van der Waals surface area contributed by atoms with Gasteiger partial charge in [-0.3, -0.25) is 0 Å². The Morgan fingerprint density at radius 3 is 2.96 bits per heavy atom. The smallest absolute Gasteiger partial charge is 0.319 e. The molecular weight excluding hydrogens is 290 g/mol. The normalized spacial score (nSPS) is 20.1. The molecule has 122 valence electrons. The number of urea groups is 1. The van der Waals surface area contributed by atoms with Gasteiger partial charge in [-0.25, -0.2) is 4.79 Å². The molecule has 0 spiro atoms. The van der Waals surface area contributed by atoms with E-state index in [2.05, 4.69) is 34.4 Å². The Labute approximate surface area is 136 Å². The topological polar surface area (TPSA) is 66.3 Å². The van der Waals surface area contributed by atoms with Crippen molar-refractivity contribution >= 4 is 22.6 Å². The lowest BCUT2D eigenvalue weighted by Gasteiger charge is -2.14. The van der Waals surface area contributed by atoms with Crippen molar-refractivity contribution in [2.24, 2.45) is 5.92 Å². The summed E-state index contributed by atoms with van der Waals surface area (Å²) in [6.07, 6.45) is 7.80. The SMILES string of the molecule is CCCn1ccc2ccc(NC(=O)N[C@@H]3C=C[C@H](CO)C3)cc21. The summed E-state index contributed by atoms with van der Waals surface area (Å²) in [6, 6.07) is 7.80. The van der Waals surface area contributed by atoms with Gasteiger partial charge in [0.1, 0.15) is 0 Å². The summed E-state index contributed by atoms with van der Waals surface area (Å²) < 4.78 is 2.20. The number of aliphatic hydroxyl groups excluding tert-OH is 1. The minimum absolute atomic E-state index is 0.0140. The van der Waals surface area contributed by atoms with Crippen LogP contribution < -0.4 is 10.6 Å². The number of nitrogens with zero attached hydrogens (tertiary/aromatic N) is 1. The van der Waals surface area contributed by atoms with E-state index >= 15 is 0 Å². The number of fused-ring (bicyclic) bond motifs is 1. The van der Waals surface area contributed by atoms with Crippen molar-refractivity contribution in [1.29, 1.82) is 0 Å². The van der Waals surface area contributed by atoms with Gasteiger partial charge in [0.05, 0.1) is 5.52 Å². The van der Waals surface area contributed by atoms with Crippen molar-refractivity contribution in [2.45, 2.75) is 32.4 Å². The van der Waals surface area contributed by atoms with E-state index in [1.807, 2.05) is 30.4 Å². The maximum atomic E-state index is 12.1. The van der Waals surface area contributed by atoms with E-state index in [1.54, 1.807) is 0 Å². The molecule has 0 fully saturated rings. The fourth-order valence-electron chi connectivity index (χ4n) is 3.05. The zero-order chi connectivity index (χ0) is 16.2.